The summed E-state index contributed by atoms with van der Waals surface area (Å²) in [5.74, 6) is 0. The number of likely N-dealkylation sites (tertiary alicyclic amines) is 1. The fourth-order valence-corrected chi connectivity index (χ4v) is 2.35. The summed E-state index contributed by atoms with van der Waals surface area (Å²) in [4.78, 5) is 11.1. The average molecular weight is 234 g/mol. The Morgan fingerprint density at radius 1 is 1.41 bits per heavy atom. The minimum atomic E-state index is 0.191. The molecule has 1 aliphatic heterocycles. The molecule has 2 rings (SSSR count). The molecule has 1 aromatic heterocycles. The molecule has 1 saturated heterocycles. The highest BCUT2D eigenvalue weighted by Gasteiger charge is 2.33. The van der Waals surface area contributed by atoms with Crippen LogP contribution in [-0.4, -0.2) is 34.0 Å². The first-order valence-corrected chi connectivity index (χ1v) is 6.23. The molecule has 2 heterocycles. The van der Waals surface area contributed by atoms with E-state index in [2.05, 4.69) is 28.7 Å². The van der Waals surface area contributed by atoms with E-state index in [-0.39, 0.29) is 5.41 Å². The maximum Gasteiger partial charge on any atom is 0.0727 e. The average Bonchev–Trinajstić information content (AvgIpc) is 2.26. The summed E-state index contributed by atoms with van der Waals surface area (Å²) >= 11 is 0. The van der Waals surface area contributed by atoms with Crippen molar-refractivity contribution in [3.8, 4) is 0 Å². The van der Waals surface area contributed by atoms with Gasteiger partial charge in [-0.3, -0.25) is 14.9 Å². The van der Waals surface area contributed by atoms with Gasteiger partial charge in [0.25, 0.3) is 0 Å². The Labute approximate surface area is 103 Å². The van der Waals surface area contributed by atoms with Crippen LogP contribution in [0.25, 0.3) is 0 Å². The molecular weight excluding hydrogens is 212 g/mol. The van der Waals surface area contributed by atoms with Crippen LogP contribution >= 0.6 is 0 Å². The quantitative estimate of drug-likeness (QED) is 0.839. The second-order valence-corrected chi connectivity index (χ2v) is 5.74. The lowest BCUT2D eigenvalue weighted by atomic mass is 9.80. The van der Waals surface area contributed by atoms with Gasteiger partial charge in [0.1, 0.15) is 0 Å². The summed E-state index contributed by atoms with van der Waals surface area (Å²) in [6.07, 6.45) is 4.76. The Hall–Kier alpha value is -1.00. The van der Waals surface area contributed by atoms with Crippen LogP contribution in [0.1, 0.15) is 31.7 Å². The van der Waals surface area contributed by atoms with Gasteiger partial charge < -0.3 is 5.73 Å². The molecule has 1 unspecified atom stereocenters. The van der Waals surface area contributed by atoms with E-state index in [4.69, 9.17) is 5.73 Å². The molecule has 1 atom stereocenters. The first kappa shape index (κ1) is 12.5. The number of hydrogen-bond acceptors (Lipinski definition) is 4. The maximum absolute atomic E-state index is 6.13. The van der Waals surface area contributed by atoms with Crippen molar-refractivity contribution in [1.29, 1.82) is 0 Å². The number of nitrogens with two attached hydrogens (primary N) is 1. The third kappa shape index (κ3) is 3.01. The molecule has 4 heteroatoms. The minimum absolute atomic E-state index is 0.191. The summed E-state index contributed by atoms with van der Waals surface area (Å²) in [6, 6.07) is 0.308. The lowest BCUT2D eigenvalue weighted by Gasteiger charge is -2.42. The van der Waals surface area contributed by atoms with Gasteiger partial charge >= 0.3 is 0 Å². The van der Waals surface area contributed by atoms with Gasteiger partial charge in [0.15, 0.2) is 0 Å². The van der Waals surface area contributed by atoms with Crippen LogP contribution in [0.4, 0.5) is 0 Å². The molecule has 0 amide bonds. The molecule has 0 spiro atoms. The Bertz CT molecular complexity index is 372. The summed E-state index contributed by atoms with van der Waals surface area (Å²) in [6.45, 7) is 9.41. The van der Waals surface area contributed by atoms with E-state index in [1.165, 1.54) is 0 Å². The summed E-state index contributed by atoms with van der Waals surface area (Å²) < 4.78 is 0. The van der Waals surface area contributed by atoms with Crippen molar-refractivity contribution in [2.24, 2.45) is 11.1 Å². The smallest absolute Gasteiger partial charge is 0.0727 e. The van der Waals surface area contributed by atoms with Crippen molar-refractivity contribution in [3.63, 3.8) is 0 Å². The Kier molecular flexibility index (Phi) is 3.45. The molecule has 0 bridgehead atoms. The molecular formula is C13H22N4. The molecule has 4 nitrogen and oxygen atoms in total. The molecule has 0 aromatic carbocycles. The first-order chi connectivity index (χ1) is 7.97. The molecule has 1 fully saturated rings. The third-order valence-corrected chi connectivity index (χ3v) is 3.61. The summed E-state index contributed by atoms with van der Waals surface area (Å²) in [5.41, 5.74) is 8.33. The molecule has 17 heavy (non-hydrogen) atoms. The van der Waals surface area contributed by atoms with E-state index in [0.717, 1.165) is 37.4 Å². The normalized spacial score (nSPS) is 24.8. The summed E-state index contributed by atoms with van der Waals surface area (Å²) in [7, 11) is 0. The van der Waals surface area contributed by atoms with Crippen LogP contribution in [0.15, 0.2) is 12.4 Å². The van der Waals surface area contributed by atoms with Gasteiger partial charge in [-0.05, 0) is 18.8 Å². The van der Waals surface area contributed by atoms with E-state index in [1.54, 1.807) is 0 Å². The van der Waals surface area contributed by atoms with Crippen LogP contribution < -0.4 is 5.73 Å². The van der Waals surface area contributed by atoms with Gasteiger partial charge in [0.2, 0.25) is 0 Å². The van der Waals surface area contributed by atoms with Gasteiger partial charge in [0.05, 0.1) is 11.4 Å². The van der Waals surface area contributed by atoms with Crippen molar-refractivity contribution in [2.45, 2.75) is 39.8 Å². The predicted octanol–water partition coefficient (Wildman–Crippen LogP) is 1.34. The van der Waals surface area contributed by atoms with Crippen LogP contribution in [-0.2, 0) is 6.54 Å². The number of nitrogens with zero attached hydrogens (tertiary/aromatic N) is 3. The van der Waals surface area contributed by atoms with E-state index >= 15 is 0 Å². The van der Waals surface area contributed by atoms with Gasteiger partial charge in [-0.15, -0.1) is 0 Å². The third-order valence-electron chi connectivity index (χ3n) is 3.61. The van der Waals surface area contributed by atoms with Crippen LogP contribution in [0.5, 0.6) is 0 Å². The zero-order valence-electron chi connectivity index (χ0n) is 11.0. The topological polar surface area (TPSA) is 55.0 Å². The highest BCUT2D eigenvalue weighted by molar-refractivity contribution is 5.01. The number of hydrogen-bond donors (Lipinski definition) is 1. The minimum Gasteiger partial charge on any atom is -0.327 e. The van der Waals surface area contributed by atoms with Crippen molar-refractivity contribution in [1.82, 2.24) is 14.9 Å². The van der Waals surface area contributed by atoms with Crippen LogP contribution in [0.2, 0.25) is 0 Å². The first-order valence-electron chi connectivity index (χ1n) is 6.23. The van der Waals surface area contributed by atoms with Gasteiger partial charge in [0, 0.05) is 38.1 Å². The van der Waals surface area contributed by atoms with E-state index < -0.39 is 0 Å². The largest absolute Gasteiger partial charge is 0.327 e. The molecule has 1 aromatic rings. The SMILES string of the molecule is Cc1cnc(CN2CCC(N)C(C)(C)C2)cn1. The Balaban J connectivity index is 1.98. The second kappa shape index (κ2) is 4.70. The molecule has 1 aliphatic rings. The molecule has 0 saturated carbocycles. The van der Waals surface area contributed by atoms with Crippen molar-refractivity contribution < 1.29 is 0 Å². The van der Waals surface area contributed by atoms with Crippen molar-refractivity contribution >= 4 is 0 Å². The zero-order valence-corrected chi connectivity index (χ0v) is 11.0. The van der Waals surface area contributed by atoms with Crippen LogP contribution in [0.3, 0.4) is 0 Å². The van der Waals surface area contributed by atoms with E-state index in [1.807, 2.05) is 19.3 Å². The number of rotatable bonds is 2. The molecule has 0 radical (unpaired) electrons. The monoisotopic (exact) mass is 234 g/mol. The van der Waals surface area contributed by atoms with Gasteiger partial charge in [-0.25, -0.2) is 0 Å². The Morgan fingerprint density at radius 2 is 2.18 bits per heavy atom. The fourth-order valence-electron chi connectivity index (χ4n) is 2.35. The molecule has 2 N–H and O–H groups in total. The molecule has 0 aliphatic carbocycles. The standard InChI is InChI=1S/C13H22N4/c1-10-6-16-11(7-15-10)8-17-5-4-12(14)13(2,3)9-17/h6-7,12H,4-5,8-9,14H2,1-3H3. The lowest BCUT2D eigenvalue weighted by Crippen LogP contribution is -2.52. The Morgan fingerprint density at radius 3 is 2.76 bits per heavy atom. The predicted molar refractivity (Wildman–Crippen MR) is 68.4 cm³/mol. The fraction of sp³-hybridized carbons (Fsp3) is 0.692. The molecule has 94 valence electrons. The zero-order chi connectivity index (χ0) is 12.5. The number of aromatic nitrogens is 2. The van der Waals surface area contributed by atoms with Crippen molar-refractivity contribution in [3.05, 3.63) is 23.8 Å². The maximum atomic E-state index is 6.13. The summed E-state index contributed by atoms with van der Waals surface area (Å²) in [5, 5.41) is 0. The van der Waals surface area contributed by atoms with Gasteiger partial charge in [-0.2, -0.15) is 0 Å². The van der Waals surface area contributed by atoms with E-state index in [9.17, 15) is 0 Å². The highest BCUT2D eigenvalue weighted by Crippen LogP contribution is 2.28. The number of aryl methyl sites for hydroxylation is 1. The van der Waals surface area contributed by atoms with E-state index in [0.29, 0.717) is 6.04 Å². The lowest BCUT2D eigenvalue weighted by molar-refractivity contribution is 0.0888. The highest BCUT2D eigenvalue weighted by atomic mass is 15.2. The van der Waals surface area contributed by atoms with Crippen molar-refractivity contribution in [2.75, 3.05) is 13.1 Å². The van der Waals surface area contributed by atoms with Gasteiger partial charge in [-0.1, -0.05) is 13.8 Å². The number of piperidine rings is 1. The van der Waals surface area contributed by atoms with Crippen LogP contribution in [0, 0.1) is 12.3 Å². The second-order valence-electron chi connectivity index (χ2n) is 5.74.